The number of nitrogens with one attached hydrogen (secondary N) is 1. The molecule has 4 rings (SSSR count). The zero-order valence-corrected chi connectivity index (χ0v) is 21.2. The molecule has 4 aromatic rings. The van der Waals surface area contributed by atoms with Crippen LogP contribution in [0.4, 0.5) is 14.5 Å². The van der Waals surface area contributed by atoms with Crippen molar-refractivity contribution in [1.29, 1.82) is 5.26 Å². The van der Waals surface area contributed by atoms with Crippen molar-refractivity contribution in [3.63, 3.8) is 0 Å². The molecule has 0 aliphatic rings. The minimum Gasteiger partial charge on any atom is -0.375 e. The summed E-state index contributed by atoms with van der Waals surface area (Å²) in [5.74, 6) is -1.01. The molecule has 0 saturated heterocycles. The van der Waals surface area contributed by atoms with E-state index in [1.807, 2.05) is 26.3 Å². The Kier molecular flexibility index (Phi) is 7.20. The van der Waals surface area contributed by atoms with Gasteiger partial charge in [-0.15, -0.1) is 0 Å². The summed E-state index contributed by atoms with van der Waals surface area (Å²) in [6.07, 6.45) is 3.59. The minimum atomic E-state index is -0.566. The van der Waals surface area contributed by atoms with Crippen molar-refractivity contribution >= 4 is 41.8 Å². The molecule has 1 unspecified atom stereocenters. The van der Waals surface area contributed by atoms with Crippen molar-refractivity contribution in [3.05, 3.63) is 70.1 Å². The molecule has 0 radical (unpaired) electrons. The summed E-state index contributed by atoms with van der Waals surface area (Å²) in [7, 11) is -0.491. The fraction of sp³-hybridized carbons (Fsp3) is 0.240. The molecular weight excluding hydrogens is 489 g/mol. The number of hydrogen-bond acceptors (Lipinski definition) is 6. The van der Waals surface area contributed by atoms with Gasteiger partial charge in [0.1, 0.15) is 22.6 Å². The van der Waals surface area contributed by atoms with Crippen molar-refractivity contribution < 1.29 is 8.78 Å². The van der Waals surface area contributed by atoms with Crippen LogP contribution in [0.5, 0.6) is 0 Å². The van der Waals surface area contributed by atoms with Gasteiger partial charge < -0.3 is 5.32 Å². The lowest BCUT2D eigenvalue weighted by Crippen LogP contribution is -2.14. The molecule has 0 spiro atoms. The zero-order chi connectivity index (χ0) is 25.3. The molecule has 35 heavy (non-hydrogen) atoms. The van der Waals surface area contributed by atoms with Gasteiger partial charge in [0.25, 0.3) is 0 Å². The van der Waals surface area contributed by atoms with E-state index in [0.29, 0.717) is 56.1 Å². The van der Waals surface area contributed by atoms with E-state index in [1.54, 1.807) is 19.3 Å². The van der Waals surface area contributed by atoms with E-state index in [4.69, 9.17) is 11.6 Å². The first kappa shape index (κ1) is 24.8. The second-order valence-electron chi connectivity index (χ2n) is 8.19. The third kappa shape index (κ3) is 4.93. The number of anilines is 1. The van der Waals surface area contributed by atoms with Crippen LogP contribution in [0.3, 0.4) is 0 Å². The van der Waals surface area contributed by atoms with E-state index in [9.17, 15) is 9.65 Å². The third-order valence-corrected chi connectivity index (χ3v) is 7.05. The summed E-state index contributed by atoms with van der Waals surface area (Å²) in [6.45, 7) is 7.66. The second kappa shape index (κ2) is 10.2. The predicted molar refractivity (Wildman–Crippen MR) is 136 cm³/mol. The standard InChI is InChI=1S/C25H22ClF2N6P/c1-5-19(16-8-14(10-29)6-7-17(16)27)33-24-21(26)13(2)32-20-9-18(28)22(34-23(20)24)15-11-30-25(31-12-15)35(3)4/h6-9,11-12,19H,5H2,1-4H3,(H,32,33). The summed E-state index contributed by atoms with van der Waals surface area (Å²) >= 11 is 6.63. The Morgan fingerprint density at radius 2 is 1.83 bits per heavy atom. The van der Waals surface area contributed by atoms with E-state index in [-0.39, 0.29) is 5.69 Å². The lowest BCUT2D eigenvalue weighted by molar-refractivity contribution is 0.587. The van der Waals surface area contributed by atoms with Gasteiger partial charge >= 0.3 is 0 Å². The van der Waals surface area contributed by atoms with Crippen LogP contribution in [0, 0.1) is 29.9 Å². The van der Waals surface area contributed by atoms with Gasteiger partial charge in [-0.05, 0) is 52.8 Å². The van der Waals surface area contributed by atoms with E-state index in [0.717, 1.165) is 0 Å². The number of nitrogens with zero attached hydrogens (tertiary/aromatic N) is 5. The maximum atomic E-state index is 15.1. The molecule has 1 aromatic carbocycles. The number of halogens is 3. The first-order valence-electron chi connectivity index (χ1n) is 10.9. The highest BCUT2D eigenvalue weighted by Crippen LogP contribution is 2.37. The molecule has 3 aromatic heterocycles. The maximum Gasteiger partial charge on any atom is 0.151 e. The van der Waals surface area contributed by atoms with Gasteiger partial charge in [-0.3, -0.25) is 0 Å². The molecule has 3 heterocycles. The summed E-state index contributed by atoms with van der Waals surface area (Å²) in [5, 5.41) is 12.8. The second-order valence-corrected chi connectivity index (χ2v) is 10.8. The molecule has 0 saturated carbocycles. The Morgan fingerprint density at radius 3 is 2.46 bits per heavy atom. The number of rotatable bonds is 6. The lowest BCUT2D eigenvalue weighted by atomic mass is 10.0. The van der Waals surface area contributed by atoms with Crippen molar-refractivity contribution in [2.24, 2.45) is 0 Å². The quantitative estimate of drug-likeness (QED) is 0.314. The van der Waals surface area contributed by atoms with E-state index < -0.39 is 25.6 Å². The Balaban J connectivity index is 1.86. The van der Waals surface area contributed by atoms with Crippen molar-refractivity contribution in [2.75, 3.05) is 18.6 Å². The smallest absolute Gasteiger partial charge is 0.151 e. The highest BCUT2D eigenvalue weighted by Gasteiger charge is 2.22. The van der Waals surface area contributed by atoms with Crippen LogP contribution in [-0.4, -0.2) is 33.3 Å². The molecule has 178 valence electrons. The topological polar surface area (TPSA) is 87.4 Å². The van der Waals surface area contributed by atoms with Gasteiger partial charge in [0.15, 0.2) is 5.82 Å². The van der Waals surface area contributed by atoms with Crippen LogP contribution < -0.4 is 10.9 Å². The zero-order valence-electron chi connectivity index (χ0n) is 19.6. The van der Waals surface area contributed by atoms with Crippen LogP contribution in [0.25, 0.3) is 22.3 Å². The lowest BCUT2D eigenvalue weighted by Gasteiger charge is -2.22. The van der Waals surface area contributed by atoms with Crippen LogP contribution in [-0.2, 0) is 0 Å². The van der Waals surface area contributed by atoms with Crippen LogP contribution >= 0.6 is 19.5 Å². The number of benzene rings is 1. The van der Waals surface area contributed by atoms with Gasteiger partial charge in [0.2, 0.25) is 0 Å². The fourth-order valence-electron chi connectivity index (χ4n) is 3.73. The van der Waals surface area contributed by atoms with Crippen LogP contribution in [0.15, 0.2) is 36.7 Å². The molecule has 0 aliphatic heterocycles. The van der Waals surface area contributed by atoms with E-state index >= 15 is 4.39 Å². The van der Waals surface area contributed by atoms with Gasteiger partial charge in [-0.2, -0.15) is 5.26 Å². The normalized spacial score (nSPS) is 12.1. The van der Waals surface area contributed by atoms with Gasteiger partial charge in [0.05, 0.1) is 39.6 Å². The van der Waals surface area contributed by atoms with Gasteiger partial charge in [0, 0.05) is 29.6 Å². The number of hydrogen-bond donors (Lipinski definition) is 1. The fourth-order valence-corrected chi connectivity index (χ4v) is 4.49. The third-order valence-electron chi connectivity index (χ3n) is 5.56. The number of aryl methyl sites for hydroxylation is 1. The van der Waals surface area contributed by atoms with Crippen molar-refractivity contribution in [3.8, 4) is 17.3 Å². The van der Waals surface area contributed by atoms with Crippen molar-refractivity contribution in [1.82, 2.24) is 19.9 Å². The Morgan fingerprint density at radius 1 is 1.11 bits per heavy atom. The predicted octanol–water partition coefficient (Wildman–Crippen LogP) is 6.13. The average Bonchev–Trinajstić information content (AvgIpc) is 2.85. The molecule has 6 nitrogen and oxygen atoms in total. The number of fused-ring (bicyclic) bond motifs is 1. The highest BCUT2D eigenvalue weighted by molar-refractivity contribution is 7.63. The molecular formula is C25H22ClF2N6P. The molecule has 0 bridgehead atoms. The van der Waals surface area contributed by atoms with Gasteiger partial charge in [-0.25, -0.2) is 28.7 Å². The largest absolute Gasteiger partial charge is 0.375 e. The Hall–Kier alpha value is -3.27. The first-order valence-corrected chi connectivity index (χ1v) is 13.5. The number of pyridine rings is 2. The molecule has 0 aliphatic carbocycles. The van der Waals surface area contributed by atoms with Crippen molar-refractivity contribution in [2.45, 2.75) is 26.3 Å². The van der Waals surface area contributed by atoms with E-state index in [2.05, 4.69) is 25.3 Å². The average molecular weight is 511 g/mol. The molecule has 1 N–H and O–H groups in total. The molecule has 0 fully saturated rings. The molecule has 1 atom stereocenters. The van der Waals surface area contributed by atoms with Crippen LogP contribution in [0.1, 0.15) is 36.2 Å². The Labute approximate surface area is 208 Å². The number of nitriles is 1. The summed E-state index contributed by atoms with van der Waals surface area (Å²) in [6, 6.07) is 7.02. The minimum absolute atomic E-state index is 0.0658. The monoisotopic (exact) mass is 510 g/mol. The van der Waals surface area contributed by atoms with Crippen LogP contribution in [0.2, 0.25) is 5.02 Å². The SMILES string of the molecule is CCC(Nc1c(Cl)c(C)nc2cc(F)c(-c3cnc(P(C)C)nc3)nc12)c1cc(C#N)ccc1F. The maximum absolute atomic E-state index is 15.1. The number of aromatic nitrogens is 4. The van der Waals surface area contributed by atoms with Gasteiger partial charge in [-0.1, -0.05) is 18.5 Å². The highest BCUT2D eigenvalue weighted by atomic mass is 35.5. The van der Waals surface area contributed by atoms with E-state index in [1.165, 1.54) is 24.3 Å². The first-order chi connectivity index (χ1) is 16.7. The summed E-state index contributed by atoms with van der Waals surface area (Å²) in [5.41, 5.74) is 3.40. The molecule has 10 heteroatoms. The summed E-state index contributed by atoms with van der Waals surface area (Å²) in [4.78, 5) is 17.6. The summed E-state index contributed by atoms with van der Waals surface area (Å²) < 4.78 is 29.8. The molecule has 0 amide bonds. The Bertz CT molecular complexity index is 1450.